The highest BCUT2D eigenvalue weighted by molar-refractivity contribution is 5.48. The molecule has 0 spiro atoms. The van der Waals surface area contributed by atoms with Crippen LogP contribution in [0.2, 0.25) is 0 Å². The lowest BCUT2D eigenvalue weighted by atomic mass is 9.72. The number of aromatic hydroxyl groups is 1. The SMILES string of the molecule is CC(C)(C)CC(C)(C)c1ccc(O)c(-n2ncc(CCCc3ccccc3)n2)c1. The molecule has 29 heavy (non-hydrogen) atoms. The number of rotatable bonds is 7. The Hall–Kier alpha value is -2.62. The molecule has 0 radical (unpaired) electrons. The Bertz CT molecular complexity index is 936. The largest absolute Gasteiger partial charge is 0.506 e. The van der Waals surface area contributed by atoms with Crippen molar-refractivity contribution in [1.82, 2.24) is 15.0 Å². The minimum atomic E-state index is -0.00757. The molecule has 0 saturated carbocycles. The predicted octanol–water partition coefficient (Wildman–Crippen LogP) is 5.86. The predicted molar refractivity (Wildman–Crippen MR) is 119 cm³/mol. The van der Waals surface area contributed by atoms with E-state index in [4.69, 9.17) is 0 Å². The zero-order chi connectivity index (χ0) is 21.1. The molecule has 154 valence electrons. The number of phenolic OH excluding ortho intramolecular Hbond substituents is 1. The first kappa shape index (κ1) is 21.1. The molecule has 0 unspecified atom stereocenters. The molecule has 0 saturated heterocycles. The number of phenols is 1. The molecule has 0 aliphatic carbocycles. The molecule has 0 bridgehead atoms. The van der Waals surface area contributed by atoms with Gasteiger partial charge in [-0.25, -0.2) is 0 Å². The van der Waals surface area contributed by atoms with E-state index >= 15 is 0 Å². The molecule has 3 rings (SSSR count). The fourth-order valence-electron chi connectivity index (χ4n) is 4.18. The fraction of sp³-hybridized carbons (Fsp3) is 0.440. The summed E-state index contributed by atoms with van der Waals surface area (Å²) in [5.74, 6) is 0.201. The van der Waals surface area contributed by atoms with Crippen LogP contribution in [0.3, 0.4) is 0 Å². The van der Waals surface area contributed by atoms with Crippen molar-refractivity contribution < 1.29 is 5.11 Å². The molecule has 0 aliphatic heterocycles. The van der Waals surface area contributed by atoms with Gasteiger partial charge in [0, 0.05) is 0 Å². The third kappa shape index (κ3) is 5.69. The van der Waals surface area contributed by atoms with Crippen LogP contribution in [-0.4, -0.2) is 20.1 Å². The molecule has 3 aromatic rings. The molecule has 0 atom stereocenters. The van der Waals surface area contributed by atoms with Crippen molar-refractivity contribution in [1.29, 1.82) is 0 Å². The molecular formula is C25H33N3O. The minimum absolute atomic E-state index is 0.00757. The second kappa shape index (κ2) is 8.40. The molecular weight excluding hydrogens is 358 g/mol. The summed E-state index contributed by atoms with van der Waals surface area (Å²) < 4.78 is 0. The summed E-state index contributed by atoms with van der Waals surface area (Å²) in [6.45, 7) is 11.3. The van der Waals surface area contributed by atoms with Crippen LogP contribution in [0.1, 0.15) is 64.3 Å². The Kier molecular flexibility index (Phi) is 6.11. The average molecular weight is 392 g/mol. The highest BCUT2D eigenvalue weighted by Crippen LogP contribution is 2.38. The maximum atomic E-state index is 10.4. The summed E-state index contributed by atoms with van der Waals surface area (Å²) in [5, 5.41) is 19.5. The highest BCUT2D eigenvalue weighted by atomic mass is 16.3. The number of benzene rings is 2. The molecule has 4 heteroatoms. The lowest BCUT2D eigenvalue weighted by molar-refractivity contribution is 0.284. The third-order valence-corrected chi connectivity index (χ3v) is 5.23. The molecule has 0 amide bonds. The summed E-state index contributed by atoms with van der Waals surface area (Å²) in [6, 6.07) is 16.3. The fourth-order valence-corrected chi connectivity index (χ4v) is 4.18. The molecule has 0 aliphatic rings. The van der Waals surface area contributed by atoms with E-state index in [9.17, 15) is 5.11 Å². The second-order valence-corrected chi connectivity index (χ2v) is 9.79. The van der Waals surface area contributed by atoms with Gasteiger partial charge >= 0.3 is 0 Å². The molecule has 1 N–H and O–H groups in total. The van der Waals surface area contributed by atoms with E-state index in [2.05, 4.69) is 69.1 Å². The van der Waals surface area contributed by atoms with Gasteiger partial charge in [0.2, 0.25) is 0 Å². The normalized spacial score (nSPS) is 12.3. The Morgan fingerprint density at radius 2 is 1.66 bits per heavy atom. The van der Waals surface area contributed by atoms with E-state index in [-0.39, 0.29) is 16.6 Å². The van der Waals surface area contributed by atoms with Crippen LogP contribution in [0.15, 0.2) is 54.7 Å². The number of hydrogen-bond acceptors (Lipinski definition) is 3. The van der Waals surface area contributed by atoms with E-state index in [0.29, 0.717) is 5.69 Å². The van der Waals surface area contributed by atoms with Crippen LogP contribution >= 0.6 is 0 Å². The van der Waals surface area contributed by atoms with Crippen molar-refractivity contribution in [2.45, 2.75) is 65.7 Å². The van der Waals surface area contributed by atoms with E-state index in [1.165, 1.54) is 11.1 Å². The number of aromatic nitrogens is 3. The lowest BCUT2D eigenvalue weighted by Crippen LogP contribution is -2.25. The van der Waals surface area contributed by atoms with Crippen LogP contribution in [0.25, 0.3) is 5.69 Å². The van der Waals surface area contributed by atoms with Crippen molar-refractivity contribution in [3.63, 3.8) is 0 Å². The summed E-state index contributed by atoms with van der Waals surface area (Å²) in [7, 11) is 0. The first-order valence-corrected chi connectivity index (χ1v) is 10.4. The van der Waals surface area contributed by atoms with E-state index in [1.54, 1.807) is 17.1 Å². The summed E-state index contributed by atoms with van der Waals surface area (Å²) >= 11 is 0. The van der Waals surface area contributed by atoms with Gasteiger partial charge in [0.05, 0.1) is 11.9 Å². The molecule has 4 nitrogen and oxygen atoms in total. The van der Waals surface area contributed by atoms with E-state index in [1.807, 2.05) is 18.2 Å². The highest BCUT2D eigenvalue weighted by Gasteiger charge is 2.28. The van der Waals surface area contributed by atoms with Crippen LogP contribution < -0.4 is 0 Å². The van der Waals surface area contributed by atoms with Crippen molar-refractivity contribution in [3.05, 3.63) is 71.5 Å². The smallest absolute Gasteiger partial charge is 0.143 e. The Morgan fingerprint density at radius 3 is 2.34 bits per heavy atom. The van der Waals surface area contributed by atoms with Gasteiger partial charge in [-0.1, -0.05) is 71.0 Å². The summed E-state index contributed by atoms with van der Waals surface area (Å²) in [5.41, 5.74) is 4.32. The van der Waals surface area contributed by atoms with Gasteiger partial charge in [-0.05, 0) is 59.8 Å². The van der Waals surface area contributed by atoms with Crippen LogP contribution in [0.5, 0.6) is 5.75 Å². The van der Waals surface area contributed by atoms with Gasteiger partial charge in [-0.15, -0.1) is 4.80 Å². The van der Waals surface area contributed by atoms with Gasteiger partial charge in [0.1, 0.15) is 11.4 Å². The van der Waals surface area contributed by atoms with Gasteiger partial charge in [-0.3, -0.25) is 0 Å². The van der Waals surface area contributed by atoms with Gasteiger partial charge in [-0.2, -0.15) is 10.2 Å². The monoisotopic (exact) mass is 391 g/mol. The summed E-state index contributed by atoms with van der Waals surface area (Å²) in [4.78, 5) is 1.56. The first-order valence-electron chi connectivity index (χ1n) is 10.4. The van der Waals surface area contributed by atoms with Gasteiger partial charge in [0.25, 0.3) is 0 Å². The third-order valence-electron chi connectivity index (χ3n) is 5.23. The molecule has 0 fully saturated rings. The van der Waals surface area contributed by atoms with Gasteiger partial charge in [0.15, 0.2) is 0 Å². The standard InChI is InChI=1S/C25H33N3O/c1-24(2,3)18-25(4,5)20-14-15-23(29)22(16-20)28-26-17-21(27-28)13-9-12-19-10-7-6-8-11-19/h6-8,10-11,14-17,29H,9,12-13,18H2,1-5H3. The number of nitrogens with zero attached hydrogens (tertiary/aromatic N) is 3. The Balaban J connectivity index is 1.74. The van der Waals surface area contributed by atoms with Crippen molar-refractivity contribution in [2.75, 3.05) is 0 Å². The second-order valence-electron chi connectivity index (χ2n) is 9.79. The summed E-state index contributed by atoms with van der Waals surface area (Å²) in [6.07, 6.45) is 5.76. The number of hydrogen-bond donors (Lipinski definition) is 1. The van der Waals surface area contributed by atoms with Crippen LogP contribution in [-0.2, 0) is 18.3 Å². The molecule has 1 aromatic heterocycles. The van der Waals surface area contributed by atoms with Crippen LogP contribution in [0, 0.1) is 5.41 Å². The molecule has 2 aromatic carbocycles. The topological polar surface area (TPSA) is 50.9 Å². The Labute approximate surface area is 174 Å². The maximum Gasteiger partial charge on any atom is 0.143 e. The average Bonchev–Trinajstić information content (AvgIpc) is 3.09. The van der Waals surface area contributed by atoms with E-state index in [0.717, 1.165) is 31.4 Å². The Morgan fingerprint density at radius 1 is 0.931 bits per heavy atom. The van der Waals surface area contributed by atoms with Crippen LogP contribution in [0.4, 0.5) is 0 Å². The zero-order valence-electron chi connectivity index (χ0n) is 18.3. The van der Waals surface area contributed by atoms with E-state index < -0.39 is 0 Å². The molecule has 1 heterocycles. The lowest BCUT2D eigenvalue weighted by Gasteiger charge is -2.33. The minimum Gasteiger partial charge on any atom is -0.506 e. The quantitative estimate of drug-likeness (QED) is 0.548. The maximum absolute atomic E-state index is 10.4. The van der Waals surface area contributed by atoms with Crippen molar-refractivity contribution in [3.8, 4) is 11.4 Å². The van der Waals surface area contributed by atoms with Gasteiger partial charge < -0.3 is 5.11 Å². The number of aryl methyl sites for hydroxylation is 2. The van der Waals surface area contributed by atoms with Crippen molar-refractivity contribution >= 4 is 0 Å². The first-order chi connectivity index (χ1) is 13.6. The van der Waals surface area contributed by atoms with Crippen molar-refractivity contribution in [2.24, 2.45) is 5.41 Å². The zero-order valence-corrected chi connectivity index (χ0v) is 18.3.